The number of pyridine rings is 1. The molecule has 1 saturated heterocycles. The van der Waals surface area contributed by atoms with Crippen molar-refractivity contribution in [2.45, 2.75) is 20.0 Å². The van der Waals surface area contributed by atoms with Crippen LogP contribution >= 0.6 is 0 Å². The molecule has 2 aromatic rings. The smallest absolute Gasteiger partial charge is 0.270 e. The van der Waals surface area contributed by atoms with Crippen LogP contribution in [0.25, 0.3) is 10.9 Å². The van der Waals surface area contributed by atoms with E-state index in [-0.39, 0.29) is 16.7 Å². The van der Waals surface area contributed by atoms with Gasteiger partial charge in [0.15, 0.2) is 0 Å². The van der Waals surface area contributed by atoms with Gasteiger partial charge in [0.1, 0.15) is 0 Å². The Bertz CT molecular complexity index is 755. The fraction of sp³-hybridized carbons (Fsp3) is 0.471. The van der Waals surface area contributed by atoms with E-state index in [9.17, 15) is 15.2 Å². The summed E-state index contributed by atoms with van der Waals surface area (Å²) in [5.41, 5.74) is 2.76. The maximum Gasteiger partial charge on any atom is 0.270 e. The second-order valence-electron chi connectivity index (χ2n) is 6.38. The quantitative estimate of drug-likeness (QED) is 0.681. The Morgan fingerprint density at radius 1 is 1.29 bits per heavy atom. The van der Waals surface area contributed by atoms with Gasteiger partial charge in [-0.15, -0.1) is 0 Å². The van der Waals surface area contributed by atoms with Crippen LogP contribution in [0.4, 0.5) is 11.4 Å². The zero-order chi connectivity index (χ0) is 17.3. The minimum Gasteiger partial charge on any atom is -0.392 e. The number of fused-ring (bicyclic) bond motifs is 1. The summed E-state index contributed by atoms with van der Waals surface area (Å²) in [6, 6.07) is 6.82. The molecule has 1 aliphatic heterocycles. The maximum absolute atomic E-state index is 11.1. The van der Waals surface area contributed by atoms with E-state index < -0.39 is 0 Å². The first kappa shape index (κ1) is 16.6. The van der Waals surface area contributed by atoms with E-state index in [1.54, 1.807) is 19.1 Å². The number of benzene rings is 1. The maximum atomic E-state index is 11.1. The van der Waals surface area contributed by atoms with Gasteiger partial charge in [0.05, 0.1) is 16.5 Å². The van der Waals surface area contributed by atoms with Crippen LogP contribution in [-0.4, -0.2) is 58.7 Å². The van der Waals surface area contributed by atoms with Crippen molar-refractivity contribution in [3.05, 3.63) is 40.1 Å². The molecule has 24 heavy (non-hydrogen) atoms. The molecule has 0 bridgehead atoms. The van der Waals surface area contributed by atoms with E-state index in [1.165, 1.54) is 6.07 Å². The number of nitrogens with zero attached hydrogens (tertiary/aromatic N) is 4. The number of aromatic nitrogens is 1. The summed E-state index contributed by atoms with van der Waals surface area (Å²) in [5, 5.41) is 21.4. The average molecular weight is 330 g/mol. The molecule has 1 aromatic carbocycles. The Morgan fingerprint density at radius 2 is 2.00 bits per heavy atom. The summed E-state index contributed by atoms with van der Waals surface area (Å²) in [7, 11) is 0. The molecular formula is C17H22N4O3. The first-order chi connectivity index (χ1) is 11.4. The van der Waals surface area contributed by atoms with Crippen molar-refractivity contribution in [2.24, 2.45) is 0 Å². The lowest BCUT2D eigenvalue weighted by Gasteiger charge is -2.37. The number of hydrogen-bond acceptors (Lipinski definition) is 6. The topological polar surface area (TPSA) is 82.7 Å². The third kappa shape index (κ3) is 3.47. The summed E-state index contributed by atoms with van der Waals surface area (Å²) in [6.45, 7) is 7.79. The molecule has 0 spiro atoms. The molecule has 128 valence electrons. The van der Waals surface area contributed by atoms with Gasteiger partial charge in [0.2, 0.25) is 0 Å². The number of piperazine rings is 1. The molecule has 0 radical (unpaired) electrons. The largest absolute Gasteiger partial charge is 0.392 e. The number of hydrogen-bond donors (Lipinski definition) is 1. The number of nitro benzene ring substituents is 1. The normalized spacial score (nSPS) is 17.2. The summed E-state index contributed by atoms with van der Waals surface area (Å²) < 4.78 is 0. The van der Waals surface area contributed by atoms with Crippen molar-refractivity contribution in [3.63, 3.8) is 0 Å². The molecule has 2 heterocycles. The molecule has 0 saturated carbocycles. The van der Waals surface area contributed by atoms with E-state index in [4.69, 9.17) is 0 Å². The van der Waals surface area contributed by atoms with E-state index in [1.807, 2.05) is 13.0 Å². The van der Waals surface area contributed by atoms with Crippen molar-refractivity contribution >= 4 is 22.3 Å². The van der Waals surface area contributed by atoms with Gasteiger partial charge in [-0.25, -0.2) is 0 Å². The lowest BCUT2D eigenvalue weighted by atomic mass is 10.1. The number of aliphatic hydroxyl groups excluding tert-OH is 1. The van der Waals surface area contributed by atoms with Gasteiger partial charge in [0.25, 0.3) is 5.69 Å². The predicted octanol–water partition coefficient (Wildman–Crippen LogP) is 1.95. The SMILES string of the molecule is Cc1cc(N2CCN(C[C@@H](C)O)CC2)c2cc([N+](=O)[O-])ccc2n1. The Labute approximate surface area is 140 Å². The zero-order valence-electron chi connectivity index (χ0n) is 14.0. The molecule has 1 atom stereocenters. The fourth-order valence-electron chi connectivity index (χ4n) is 3.24. The van der Waals surface area contributed by atoms with Crippen LogP contribution in [-0.2, 0) is 0 Å². The third-order valence-corrected chi connectivity index (χ3v) is 4.34. The minimum atomic E-state index is -0.371. The van der Waals surface area contributed by atoms with Crippen LogP contribution in [0.5, 0.6) is 0 Å². The van der Waals surface area contributed by atoms with Gasteiger partial charge in [-0.3, -0.25) is 20.0 Å². The van der Waals surface area contributed by atoms with E-state index in [0.29, 0.717) is 6.54 Å². The molecule has 0 aliphatic carbocycles. The molecule has 1 N–H and O–H groups in total. The highest BCUT2D eigenvalue weighted by atomic mass is 16.6. The molecule has 0 amide bonds. The molecule has 7 heteroatoms. The van der Waals surface area contributed by atoms with Gasteiger partial charge in [-0.2, -0.15) is 0 Å². The van der Waals surface area contributed by atoms with Crippen molar-refractivity contribution < 1.29 is 10.0 Å². The lowest BCUT2D eigenvalue weighted by molar-refractivity contribution is -0.384. The molecule has 1 aromatic heterocycles. The monoisotopic (exact) mass is 330 g/mol. The van der Waals surface area contributed by atoms with Gasteiger partial charge >= 0.3 is 0 Å². The van der Waals surface area contributed by atoms with Crippen molar-refractivity contribution in [1.29, 1.82) is 0 Å². The number of β-amino-alcohol motifs (C(OH)–C–C–N with tert-alkyl or cyclic N) is 1. The van der Waals surface area contributed by atoms with Crippen LogP contribution in [0.3, 0.4) is 0 Å². The van der Waals surface area contributed by atoms with Crippen molar-refractivity contribution in [2.75, 3.05) is 37.6 Å². The fourth-order valence-corrected chi connectivity index (χ4v) is 3.24. The summed E-state index contributed by atoms with van der Waals surface area (Å²) in [5.74, 6) is 0. The van der Waals surface area contributed by atoms with E-state index >= 15 is 0 Å². The Kier molecular flexibility index (Phi) is 4.64. The number of nitro groups is 1. The molecule has 0 unspecified atom stereocenters. The molecular weight excluding hydrogens is 308 g/mol. The number of rotatable bonds is 4. The third-order valence-electron chi connectivity index (χ3n) is 4.34. The zero-order valence-corrected chi connectivity index (χ0v) is 14.0. The first-order valence-electron chi connectivity index (χ1n) is 8.15. The average Bonchev–Trinajstić information content (AvgIpc) is 2.53. The Balaban J connectivity index is 1.91. The van der Waals surface area contributed by atoms with Crippen LogP contribution in [0.1, 0.15) is 12.6 Å². The van der Waals surface area contributed by atoms with Crippen LogP contribution in [0.2, 0.25) is 0 Å². The number of aryl methyl sites for hydroxylation is 1. The van der Waals surface area contributed by atoms with Gasteiger partial charge in [0, 0.05) is 61.6 Å². The Morgan fingerprint density at radius 3 is 2.62 bits per heavy atom. The highest BCUT2D eigenvalue weighted by molar-refractivity contribution is 5.93. The summed E-state index contributed by atoms with van der Waals surface area (Å²) >= 11 is 0. The number of anilines is 1. The standard InChI is InChI=1S/C17H22N4O3/c1-12-9-17(20-7-5-19(6-8-20)11-13(2)22)15-10-14(21(23)24)3-4-16(15)18-12/h3-4,9-10,13,22H,5-8,11H2,1-2H3/t13-/m1/s1. The number of aliphatic hydroxyl groups is 1. The Hall–Kier alpha value is -2.25. The second kappa shape index (κ2) is 6.70. The van der Waals surface area contributed by atoms with Gasteiger partial charge < -0.3 is 10.0 Å². The van der Waals surface area contributed by atoms with Crippen LogP contribution in [0.15, 0.2) is 24.3 Å². The van der Waals surface area contributed by atoms with Crippen molar-refractivity contribution in [3.8, 4) is 0 Å². The first-order valence-corrected chi connectivity index (χ1v) is 8.15. The molecule has 3 rings (SSSR count). The van der Waals surface area contributed by atoms with Gasteiger partial charge in [-0.1, -0.05) is 0 Å². The van der Waals surface area contributed by atoms with Gasteiger partial charge in [-0.05, 0) is 26.0 Å². The molecule has 1 aliphatic rings. The van der Waals surface area contributed by atoms with Crippen LogP contribution in [0, 0.1) is 17.0 Å². The minimum absolute atomic E-state index is 0.0853. The highest BCUT2D eigenvalue weighted by Crippen LogP contribution is 2.30. The lowest BCUT2D eigenvalue weighted by Crippen LogP contribution is -2.48. The van der Waals surface area contributed by atoms with Crippen LogP contribution < -0.4 is 4.90 Å². The van der Waals surface area contributed by atoms with Crippen molar-refractivity contribution in [1.82, 2.24) is 9.88 Å². The number of non-ortho nitro benzene ring substituents is 1. The predicted molar refractivity (Wildman–Crippen MR) is 93.5 cm³/mol. The highest BCUT2D eigenvalue weighted by Gasteiger charge is 2.21. The molecule has 7 nitrogen and oxygen atoms in total. The molecule has 1 fully saturated rings. The van der Waals surface area contributed by atoms with E-state index in [2.05, 4.69) is 14.8 Å². The summed E-state index contributed by atoms with van der Waals surface area (Å²) in [6.07, 6.45) is -0.330. The van der Waals surface area contributed by atoms with E-state index in [0.717, 1.165) is 48.5 Å². The summed E-state index contributed by atoms with van der Waals surface area (Å²) in [4.78, 5) is 19.7. The second-order valence-corrected chi connectivity index (χ2v) is 6.38.